The van der Waals surface area contributed by atoms with Gasteiger partial charge in [-0.3, -0.25) is 0 Å². The minimum Gasteiger partial charge on any atom is -0.493 e. The maximum atomic E-state index is 5.41. The Bertz CT molecular complexity index is 779. The Morgan fingerprint density at radius 3 is 2.59 bits per heavy atom. The summed E-state index contributed by atoms with van der Waals surface area (Å²) in [7, 11) is 3.31. The molecule has 0 bridgehead atoms. The Kier molecular flexibility index (Phi) is 6.04. The number of methoxy groups -OCH3 is 2. The van der Waals surface area contributed by atoms with Gasteiger partial charge in [-0.25, -0.2) is 9.97 Å². The molecule has 3 rings (SSSR count). The van der Waals surface area contributed by atoms with Gasteiger partial charge in [-0.2, -0.15) is 0 Å². The highest BCUT2D eigenvalue weighted by atomic mass is 16.5. The number of aromatic nitrogens is 2. The lowest BCUT2D eigenvalue weighted by Gasteiger charge is -2.35. The van der Waals surface area contributed by atoms with E-state index >= 15 is 0 Å². The molecule has 0 aliphatic carbocycles. The van der Waals surface area contributed by atoms with Gasteiger partial charge in [0, 0.05) is 42.6 Å². The average molecular weight is 370 g/mol. The van der Waals surface area contributed by atoms with Crippen molar-refractivity contribution in [1.29, 1.82) is 0 Å². The smallest absolute Gasteiger partial charge is 0.162 e. The molecule has 1 aliphatic rings. The molecule has 6 heteroatoms. The number of rotatable bonds is 6. The van der Waals surface area contributed by atoms with E-state index in [1.807, 2.05) is 25.1 Å². The van der Waals surface area contributed by atoms with Crippen LogP contribution in [-0.2, 0) is 0 Å². The van der Waals surface area contributed by atoms with Crippen molar-refractivity contribution in [2.24, 2.45) is 0 Å². The van der Waals surface area contributed by atoms with Gasteiger partial charge in [0.1, 0.15) is 11.6 Å². The summed E-state index contributed by atoms with van der Waals surface area (Å²) in [6, 6.07) is 8.45. The molecule has 27 heavy (non-hydrogen) atoms. The van der Waals surface area contributed by atoms with Gasteiger partial charge in [-0.1, -0.05) is 13.8 Å². The molecule has 1 unspecified atom stereocenters. The Hall–Kier alpha value is -2.50. The number of hydrogen-bond donors (Lipinski definition) is 1. The van der Waals surface area contributed by atoms with Crippen LogP contribution in [0.3, 0.4) is 0 Å². The third-order valence-corrected chi connectivity index (χ3v) is 4.94. The summed E-state index contributed by atoms with van der Waals surface area (Å²) in [6.07, 6.45) is 2.26. The van der Waals surface area contributed by atoms with E-state index in [0.29, 0.717) is 12.0 Å². The van der Waals surface area contributed by atoms with Crippen LogP contribution in [0.15, 0.2) is 24.3 Å². The van der Waals surface area contributed by atoms with Gasteiger partial charge in [0.2, 0.25) is 0 Å². The SMILES string of the molecule is COc1ccc(NC2CCCN(c3cc(C(C)C)nc(C)n3)C2)cc1OC. The van der Waals surface area contributed by atoms with Crippen molar-refractivity contribution in [3.63, 3.8) is 0 Å². The monoisotopic (exact) mass is 370 g/mol. The lowest BCUT2D eigenvalue weighted by Crippen LogP contribution is -2.42. The maximum Gasteiger partial charge on any atom is 0.162 e. The van der Waals surface area contributed by atoms with Crippen molar-refractivity contribution in [1.82, 2.24) is 9.97 Å². The van der Waals surface area contributed by atoms with Gasteiger partial charge in [-0.15, -0.1) is 0 Å². The third-order valence-electron chi connectivity index (χ3n) is 4.94. The van der Waals surface area contributed by atoms with Crippen molar-refractivity contribution in [3.8, 4) is 11.5 Å². The predicted octanol–water partition coefficient (Wildman–Crippen LogP) is 4.01. The van der Waals surface area contributed by atoms with Gasteiger partial charge in [0.25, 0.3) is 0 Å². The summed E-state index contributed by atoms with van der Waals surface area (Å²) in [5, 5.41) is 3.64. The molecule has 2 heterocycles. The third kappa shape index (κ3) is 4.62. The number of hydrogen-bond acceptors (Lipinski definition) is 6. The number of piperidine rings is 1. The summed E-state index contributed by atoms with van der Waals surface area (Å²) in [6.45, 7) is 8.26. The summed E-state index contributed by atoms with van der Waals surface area (Å²) in [4.78, 5) is 11.6. The molecular formula is C21H30N4O2. The van der Waals surface area contributed by atoms with Crippen LogP contribution in [0.4, 0.5) is 11.5 Å². The molecule has 6 nitrogen and oxygen atoms in total. The minimum atomic E-state index is 0.356. The second kappa shape index (κ2) is 8.46. The molecule has 1 aromatic carbocycles. The summed E-state index contributed by atoms with van der Waals surface area (Å²) in [5.74, 6) is 3.75. The first-order chi connectivity index (χ1) is 13.0. The fourth-order valence-corrected chi connectivity index (χ4v) is 3.50. The zero-order valence-corrected chi connectivity index (χ0v) is 17.0. The minimum absolute atomic E-state index is 0.356. The lowest BCUT2D eigenvalue weighted by atomic mass is 10.0. The van der Waals surface area contributed by atoms with Crippen LogP contribution < -0.4 is 19.7 Å². The van der Waals surface area contributed by atoms with Gasteiger partial charge in [0.15, 0.2) is 11.5 Å². The Labute approximate surface area is 161 Å². The lowest BCUT2D eigenvalue weighted by molar-refractivity contribution is 0.355. The Balaban J connectivity index is 1.73. The van der Waals surface area contributed by atoms with Crippen LogP contribution in [0.1, 0.15) is 44.1 Å². The second-order valence-corrected chi connectivity index (χ2v) is 7.35. The second-order valence-electron chi connectivity index (χ2n) is 7.35. The Morgan fingerprint density at radius 2 is 1.89 bits per heavy atom. The fraction of sp³-hybridized carbons (Fsp3) is 0.524. The Morgan fingerprint density at radius 1 is 1.11 bits per heavy atom. The molecule has 146 valence electrons. The maximum absolute atomic E-state index is 5.41. The van der Waals surface area contributed by atoms with Gasteiger partial charge in [-0.05, 0) is 37.8 Å². The van der Waals surface area contributed by atoms with Crippen LogP contribution in [0.2, 0.25) is 0 Å². The summed E-state index contributed by atoms with van der Waals surface area (Å²) < 4.78 is 10.7. The number of aryl methyl sites for hydroxylation is 1. The van der Waals surface area contributed by atoms with Crippen LogP contribution in [0, 0.1) is 6.92 Å². The van der Waals surface area contributed by atoms with Crippen LogP contribution in [0.25, 0.3) is 0 Å². The molecule has 1 aromatic heterocycles. The standard InChI is InChI=1S/C21H30N4O2/c1-14(2)18-12-21(23-15(3)22-18)25-10-6-7-17(13-25)24-16-8-9-19(26-4)20(11-16)27-5/h8-9,11-12,14,17,24H,6-7,10,13H2,1-5H3. The normalized spacial score (nSPS) is 17.1. The van der Waals surface area contributed by atoms with E-state index in [9.17, 15) is 0 Å². The molecule has 1 atom stereocenters. The average Bonchev–Trinajstić information content (AvgIpc) is 2.67. The largest absolute Gasteiger partial charge is 0.493 e. The fourth-order valence-electron chi connectivity index (χ4n) is 3.50. The summed E-state index contributed by atoms with van der Waals surface area (Å²) in [5.41, 5.74) is 2.15. The molecule has 1 N–H and O–H groups in total. The highest BCUT2D eigenvalue weighted by Gasteiger charge is 2.22. The summed E-state index contributed by atoms with van der Waals surface area (Å²) >= 11 is 0. The van der Waals surface area contributed by atoms with E-state index in [2.05, 4.69) is 40.1 Å². The molecule has 0 spiro atoms. The molecular weight excluding hydrogens is 340 g/mol. The van der Waals surface area contributed by atoms with Crippen molar-refractivity contribution in [2.75, 3.05) is 37.5 Å². The first-order valence-corrected chi connectivity index (χ1v) is 9.59. The molecule has 0 radical (unpaired) electrons. The molecule has 1 fully saturated rings. The van der Waals surface area contributed by atoms with Crippen molar-refractivity contribution < 1.29 is 9.47 Å². The van der Waals surface area contributed by atoms with E-state index in [1.54, 1.807) is 14.2 Å². The van der Waals surface area contributed by atoms with E-state index in [-0.39, 0.29) is 0 Å². The highest BCUT2D eigenvalue weighted by molar-refractivity contribution is 5.55. The van der Waals surface area contributed by atoms with Crippen molar-refractivity contribution in [2.45, 2.75) is 45.6 Å². The van der Waals surface area contributed by atoms with Crippen LogP contribution in [0.5, 0.6) is 11.5 Å². The molecule has 2 aromatic rings. The van der Waals surface area contributed by atoms with Crippen molar-refractivity contribution in [3.05, 3.63) is 35.8 Å². The highest BCUT2D eigenvalue weighted by Crippen LogP contribution is 2.31. The van der Waals surface area contributed by atoms with E-state index in [4.69, 9.17) is 9.47 Å². The number of nitrogens with zero attached hydrogens (tertiary/aromatic N) is 3. The molecule has 1 aliphatic heterocycles. The van der Waals surface area contributed by atoms with Crippen molar-refractivity contribution >= 4 is 11.5 Å². The first-order valence-electron chi connectivity index (χ1n) is 9.59. The molecule has 0 saturated carbocycles. The predicted molar refractivity (Wildman–Crippen MR) is 109 cm³/mol. The quantitative estimate of drug-likeness (QED) is 0.829. The van der Waals surface area contributed by atoms with Gasteiger partial charge < -0.3 is 19.7 Å². The molecule has 1 saturated heterocycles. The zero-order valence-electron chi connectivity index (χ0n) is 17.0. The molecule has 0 amide bonds. The number of benzene rings is 1. The number of ether oxygens (including phenoxy) is 2. The van der Waals surface area contributed by atoms with Gasteiger partial charge >= 0.3 is 0 Å². The van der Waals surface area contributed by atoms with E-state index in [1.165, 1.54) is 0 Å². The first kappa shape index (κ1) is 19.3. The number of nitrogens with one attached hydrogen (secondary N) is 1. The zero-order chi connectivity index (χ0) is 19.4. The van der Waals surface area contributed by atoms with E-state index in [0.717, 1.165) is 60.5 Å². The van der Waals surface area contributed by atoms with Crippen LogP contribution >= 0.6 is 0 Å². The number of anilines is 2. The van der Waals surface area contributed by atoms with Gasteiger partial charge in [0.05, 0.1) is 14.2 Å². The van der Waals surface area contributed by atoms with Crippen LogP contribution in [-0.4, -0.2) is 43.3 Å². The topological polar surface area (TPSA) is 59.5 Å². The van der Waals surface area contributed by atoms with E-state index < -0.39 is 0 Å².